The zero-order valence-corrected chi connectivity index (χ0v) is 8.31. The summed E-state index contributed by atoms with van der Waals surface area (Å²) >= 11 is 0. The summed E-state index contributed by atoms with van der Waals surface area (Å²) in [6.45, 7) is 0.836. The zero-order chi connectivity index (χ0) is 10.8. The van der Waals surface area contributed by atoms with Crippen molar-refractivity contribution in [1.29, 1.82) is 0 Å². The number of nitrogens with two attached hydrogens (primary N) is 1. The molecule has 2 rings (SSSR count). The molecule has 4 nitrogen and oxygen atoms in total. The fraction of sp³-hybridized carbons (Fsp3) is 0.500. The van der Waals surface area contributed by atoms with Crippen molar-refractivity contribution in [1.82, 2.24) is 4.98 Å². The summed E-state index contributed by atoms with van der Waals surface area (Å²) in [4.78, 5) is 5.90. The van der Waals surface area contributed by atoms with Gasteiger partial charge in [0.2, 0.25) is 0 Å². The first-order chi connectivity index (χ1) is 7.22. The average molecular weight is 211 g/mol. The van der Waals surface area contributed by atoms with Crippen LogP contribution >= 0.6 is 0 Å². The first-order valence-corrected chi connectivity index (χ1v) is 4.93. The Balaban J connectivity index is 2.23. The predicted molar refractivity (Wildman–Crippen MR) is 55.2 cm³/mol. The molecule has 0 saturated carbocycles. The van der Waals surface area contributed by atoms with Gasteiger partial charge in [0, 0.05) is 24.8 Å². The van der Waals surface area contributed by atoms with Crippen LogP contribution < -0.4 is 10.6 Å². The second kappa shape index (κ2) is 4.12. The van der Waals surface area contributed by atoms with Crippen molar-refractivity contribution in [3.8, 4) is 0 Å². The molecule has 0 aliphatic carbocycles. The number of anilines is 1. The molecule has 0 amide bonds. The van der Waals surface area contributed by atoms with Gasteiger partial charge >= 0.3 is 0 Å². The Morgan fingerprint density at radius 3 is 3.00 bits per heavy atom. The lowest BCUT2D eigenvalue weighted by Crippen LogP contribution is -2.24. The van der Waals surface area contributed by atoms with Crippen molar-refractivity contribution in [2.75, 3.05) is 18.0 Å². The van der Waals surface area contributed by atoms with Crippen LogP contribution in [0, 0.1) is 0 Å². The van der Waals surface area contributed by atoms with E-state index < -0.39 is 12.3 Å². The van der Waals surface area contributed by atoms with Crippen LogP contribution in [0.25, 0.3) is 0 Å². The molecule has 0 radical (unpaired) electrons. The molecular weight excluding hydrogens is 197 g/mol. The van der Waals surface area contributed by atoms with Crippen LogP contribution in [0.2, 0.25) is 0 Å². The Morgan fingerprint density at radius 1 is 1.60 bits per heavy atom. The third kappa shape index (κ3) is 1.93. The van der Waals surface area contributed by atoms with Gasteiger partial charge in [-0.25, -0.2) is 9.37 Å². The molecule has 1 aromatic rings. The van der Waals surface area contributed by atoms with Crippen LogP contribution in [0.5, 0.6) is 0 Å². The highest BCUT2D eigenvalue weighted by Gasteiger charge is 2.32. The van der Waals surface area contributed by atoms with Crippen LogP contribution in [0.1, 0.15) is 5.56 Å². The molecule has 0 aromatic carbocycles. The highest BCUT2D eigenvalue weighted by atomic mass is 19.1. The Morgan fingerprint density at radius 2 is 2.40 bits per heavy atom. The lowest BCUT2D eigenvalue weighted by Gasteiger charge is -2.18. The number of hydrogen-bond donors (Lipinski definition) is 2. The number of alkyl halides is 1. The van der Waals surface area contributed by atoms with Gasteiger partial charge in [-0.2, -0.15) is 0 Å². The van der Waals surface area contributed by atoms with Gasteiger partial charge in [-0.15, -0.1) is 0 Å². The highest BCUT2D eigenvalue weighted by molar-refractivity contribution is 5.48. The van der Waals surface area contributed by atoms with E-state index in [1.807, 2.05) is 6.07 Å². The third-order valence-corrected chi connectivity index (χ3v) is 2.61. The summed E-state index contributed by atoms with van der Waals surface area (Å²) < 4.78 is 13.1. The number of hydrogen-bond acceptors (Lipinski definition) is 4. The normalized spacial score (nSPS) is 25.9. The van der Waals surface area contributed by atoms with Crippen molar-refractivity contribution in [2.45, 2.75) is 18.8 Å². The minimum atomic E-state index is -1.20. The number of rotatable bonds is 2. The molecule has 1 fully saturated rings. The number of halogens is 1. The smallest absolute Gasteiger partial charge is 0.145 e. The molecule has 1 aliphatic rings. The lowest BCUT2D eigenvalue weighted by atomic mass is 10.2. The maximum Gasteiger partial charge on any atom is 0.145 e. The first-order valence-electron chi connectivity index (χ1n) is 4.93. The van der Waals surface area contributed by atoms with Gasteiger partial charge in [0.15, 0.2) is 0 Å². The molecule has 0 bridgehead atoms. The summed E-state index contributed by atoms with van der Waals surface area (Å²) in [6.07, 6.45) is -0.470. The molecule has 1 aromatic heterocycles. The van der Waals surface area contributed by atoms with E-state index >= 15 is 0 Å². The second-order valence-electron chi connectivity index (χ2n) is 3.68. The largest absolute Gasteiger partial charge is 0.388 e. The monoisotopic (exact) mass is 211 g/mol. The molecule has 2 atom stereocenters. The van der Waals surface area contributed by atoms with Crippen molar-refractivity contribution >= 4 is 5.82 Å². The maximum absolute atomic E-state index is 13.1. The van der Waals surface area contributed by atoms with E-state index in [1.165, 1.54) is 0 Å². The number of aliphatic hydroxyl groups is 1. The summed E-state index contributed by atoms with van der Waals surface area (Å²) in [5.41, 5.74) is 6.44. The summed E-state index contributed by atoms with van der Waals surface area (Å²) in [5.74, 6) is 0.680. The van der Waals surface area contributed by atoms with Crippen molar-refractivity contribution in [2.24, 2.45) is 5.73 Å². The van der Waals surface area contributed by atoms with E-state index in [1.54, 1.807) is 17.2 Å². The molecule has 5 heteroatoms. The van der Waals surface area contributed by atoms with Gasteiger partial charge in [0.1, 0.15) is 18.1 Å². The van der Waals surface area contributed by atoms with Crippen LogP contribution in [-0.2, 0) is 6.54 Å². The second-order valence-corrected chi connectivity index (χ2v) is 3.68. The summed E-state index contributed by atoms with van der Waals surface area (Å²) in [6, 6.07) is 3.66. The van der Waals surface area contributed by atoms with Crippen LogP contribution in [-0.4, -0.2) is 35.5 Å². The molecule has 1 saturated heterocycles. The fourth-order valence-corrected chi connectivity index (χ4v) is 1.79. The molecule has 3 N–H and O–H groups in total. The molecule has 1 aliphatic heterocycles. The van der Waals surface area contributed by atoms with Crippen LogP contribution in [0.15, 0.2) is 18.3 Å². The van der Waals surface area contributed by atoms with Crippen molar-refractivity contribution < 1.29 is 9.50 Å². The number of β-amino-alcohol motifs (C(OH)–C–C–N with tert-alkyl or cyclic N) is 1. The van der Waals surface area contributed by atoms with Gasteiger partial charge in [0.25, 0.3) is 0 Å². The topological polar surface area (TPSA) is 62.4 Å². The highest BCUT2D eigenvalue weighted by Crippen LogP contribution is 2.23. The Bertz CT molecular complexity index is 337. The zero-order valence-electron chi connectivity index (χ0n) is 8.31. The predicted octanol–water partition coefficient (Wildman–Crippen LogP) is 0.0593. The molecule has 82 valence electrons. The van der Waals surface area contributed by atoms with Crippen LogP contribution in [0.3, 0.4) is 0 Å². The third-order valence-electron chi connectivity index (χ3n) is 2.61. The number of aliphatic hydroxyl groups excluding tert-OH is 1. The Kier molecular flexibility index (Phi) is 2.83. The van der Waals surface area contributed by atoms with E-state index in [-0.39, 0.29) is 13.1 Å². The summed E-state index contributed by atoms with van der Waals surface area (Å²) in [7, 11) is 0. The van der Waals surface area contributed by atoms with Crippen LogP contribution in [0.4, 0.5) is 10.2 Å². The lowest BCUT2D eigenvalue weighted by molar-refractivity contribution is 0.118. The molecule has 2 heterocycles. The van der Waals surface area contributed by atoms with E-state index in [4.69, 9.17) is 5.73 Å². The van der Waals surface area contributed by atoms with Crippen molar-refractivity contribution in [3.63, 3.8) is 0 Å². The molecule has 15 heavy (non-hydrogen) atoms. The molecule has 0 unspecified atom stereocenters. The average Bonchev–Trinajstić information content (AvgIpc) is 2.59. The molecule has 0 spiro atoms. The van der Waals surface area contributed by atoms with Crippen molar-refractivity contribution in [3.05, 3.63) is 23.9 Å². The Labute approximate surface area is 87.5 Å². The summed E-state index contributed by atoms with van der Waals surface area (Å²) in [5, 5.41) is 9.32. The number of aromatic nitrogens is 1. The number of nitrogens with zero attached hydrogens (tertiary/aromatic N) is 2. The SMILES string of the molecule is NCc1cccnc1N1C[C@@H](O)[C@@H](F)C1. The first kappa shape index (κ1) is 10.3. The minimum Gasteiger partial charge on any atom is -0.388 e. The quantitative estimate of drug-likeness (QED) is 0.726. The van der Waals surface area contributed by atoms with Gasteiger partial charge in [-0.3, -0.25) is 0 Å². The number of pyridine rings is 1. The van der Waals surface area contributed by atoms with Gasteiger partial charge in [-0.1, -0.05) is 6.07 Å². The van der Waals surface area contributed by atoms with E-state index in [0.717, 1.165) is 5.56 Å². The maximum atomic E-state index is 13.1. The standard InChI is InChI=1S/C10H14FN3O/c11-8-5-14(6-9(8)15)10-7(4-12)2-1-3-13-10/h1-3,8-9,15H,4-6,12H2/t8-,9+/m0/s1. The molecular formula is C10H14FN3O. The van der Waals surface area contributed by atoms with E-state index in [9.17, 15) is 9.50 Å². The van der Waals surface area contributed by atoms with Gasteiger partial charge in [-0.05, 0) is 6.07 Å². The van der Waals surface area contributed by atoms with Gasteiger partial charge in [0.05, 0.1) is 6.54 Å². The van der Waals surface area contributed by atoms with Gasteiger partial charge < -0.3 is 15.7 Å². The van der Waals surface area contributed by atoms with E-state index in [0.29, 0.717) is 12.4 Å². The fourth-order valence-electron chi connectivity index (χ4n) is 1.79. The Hall–Kier alpha value is -1.20. The minimum absolute atomic E-state index is 0.186. The van der Waals surface area contributed by atoms with E-state index in [2.05, 4.69) is 4.98 Å².